The summed E-state index contributed by atoms with van der Waals surface area (Å²) in [5, 5.41) is 4.67. The van der Waals surface area contributed by atoms with Crippen molar-refractivity contribution >= 4 is 11.3 Å². The molecule has 20 heavy (non-hydrogen) atoms. The van der Waals surface area contributed by atoms with Crippen LogP contribution >= 0.6 is 11.3 Å². The summed E-state index contributed by atoms with van der Waals surface area (Å²) in [6.07, 6.45) is 2.24. The van der Waals surface area contributed by atoms with E-state index in [2.05, 4.69) is 57.3 Å². The number of hydrogen-bond donors (Lipinski definition) is 1. The SMILES string of the molecule is CCCNC(C)c1sc(-c2ccc(CC)cc2)nc1C. The van der Waals surface area contributed by atoms with Crippen molar-refractivity contribution in [1.82, 2.24) is 10.3 Å². The molecule has 1 atom stereocenters. The van der Waals surface area contributed by atoms with Gasteiger partial charge in [-0.25, -0.2) is 4.98 Å². The third-order valence-corrected chi connectivity index (χ3v) is 4.92. The van der Waals surface area contributed by atoms with E-state index in [1.807, 2.05) is 11.3 Å². The zero-order valence-corrected chi connectivity index (χ0v) is 13.7. The molecule has 3 heteroatoms. The van der Waals surface area contributed by atoms with Gasteiger partial charge < -0.3 is 5.32 Å². The Kier molecular flexibility index (Phi) is 5.32. The second-order valence-electron chi connectivity index (χ2n) is 5.19. The first-order valence-corrected chi connectivity index (χ1v) is 8.27. The van der Waals surface area contributed by atoms with Gasteiger partial charge in [-0.05, 0) is 38.8 Å². The fraction of sp³-hybridized carbons (Fsp3) is 0.471. The molecular formula is C17H24N2S. The van der Waals surface area contributed by atoms with Gasteiger partial charge in [0.15, 0.2) is 0 Å². The molecule has 0 aliphatic carbocycles. The van der Waals surface area contributed by atoms with Crippen LogP contribution in [0.5, 0.6) is 0 Å². The molecule has 0 bridgehead atoms. The number of nitrogens with zero attached hydrogens (tertiary/aromatic N) is 1. The summed E-state index contributed by atoms with van der Waals surface area (Å²) in [6, 6.07) is 9.15. The van der Waals surface area contributed by atoms with E-state index in [1.165, 1.54) is 16.0 Å². The number of nitrogens with one attached hydrogen (secondary N) is 1. The minimum absolute atomic E-state index is 0.385. The number of aromatic nitrogens is 1. The fourth-order valence-corrected chi connectivity index (χ4v) is 3.37. The normalized spacial score (nSPS) is 12.6. The van der Waals surface area contributed by atoms with Gasteiger partial charge in [-0.15, -0.1) is 11.3 Å². The number of hydrogen-bond acceptors (Lipinski definition) is 3. The molecule has 1 unspecified atom stereocenters. The first-order valence-electron chi connectivity index (χ1n) is 7.45. The van der Waals surface area contributed by atoms with E-state index in [0.29, 0.717) is 6.04 Å². The molecular weight excluding hydrogens is 264 g/mol. The highest BCUT2D eigenvalue weighted by atomic mass is 32.1. The molecule has 108 valence electrons. The minimum atomic E-state index is 0.385. The fourth-order valence-electron chi connectivity index (χ4n) is 2.27. The summed E-state index contributed by atoms with van der Waals surface area (Å²) >= 11 is 1.81. The van der Waals surface area contributed by atoms with E-state index in [9.17, 15) is 0 Å². The molecule has 2 nitrogen and oxygen atoms in total. The van der Waals surface area contributed by atoms with E-state index in [0.717, 1.165) is 30.1 Å². The van der Waals surface area contributed by atoms with Gasteiger partial charge >= 0.3 is 0 Å². The molecule has 0 saturated carbocycles. The van der Waals surface area contributed by atoms with Gasteiger partial charge in [-0.1, -0.05) is 38.1 Å². The zero-order chi connectivity index (χ0) is 14.5. The van der Waals surface area contributed by atoms with Crippen LogP contribution in [0.2, 0.25) is 0 Å². The summed E-state index contributed by atoms with van der Waals surface area (Å²) in [6.45, 7) is 9.76. The Hall–Kier alpha value is -1.19. The number of thiazole rings is 1. The van der Waals surface area contributed by atoms with Gasteiger partial charge in [0.05, 0.1) is 5.69 Å². The van der Waals surface area contributed by atoms with E-state index in [1.54, 1.807) is 0 Å². The molecule has 0 aliphatic heterocycles. The largest absolute Gasteiger partial charge is 0.309 e. The van der Waals surface area contributed by atoms with Crippen molar-refractivity contribution in [3.05, 3.63) is 40.4 Å². The predicted molar refractivity (Wildman–Crippen MR) is 88.4 cm³/mol. The van der Waals surface area contributed by atoms with E-state index in [-0.39, 0.29) is 0 Å². The van der Waals surface area contributed by atoms with E-state index < -0.39 is 0 Å². The second kappa shape index (κ2) is 7.00. The smallest absolute Gasteiger partial charge is 0.123 e. The Morgan fingerprint density at radius 2 is 1.90 bits per heavy atom. The van der Waals surface area contributed by atoms with Crippen LogP contribution in [0.1, 0.15) is 49.4 Å². The van der Waals surface area contributed by atoms with Crippen LogP contribution in [0.25, 0.3) is 10.6 Å². The Morgan fingerprint density at radius 1 is 1.20 bits per heavy atom. The van der Waals surface area contributed by atoms with Gasteiger partial charge in [-0.3, -0.25) is 0 Å². The monoisotopic (exact) mass is 288 g/mol. The average molecular weight is 288 g/mol. The average Bonchev–Trinajstić information content (AvgIpc) is 2.87. The summed E-state index contributed by atoms with van der Waals surface area (Å²) < 4.78 is 0. The molecule has 1 aromatic heterocycles. The lowest BCUT2D eigenvalue weighted by molar-refractivity contribution is 0.575. The molecule has 0 aliphatic rings. The van der Waals surface area contributed by atoms with Crippen molar-refractivity contribution in [2.24, 2.45) is 0 Å². The third-order valence-electron chi connectivity index (χ3n) is 3.54. The highest BCUT2D eigenvalue weighted by Gasteiger charge is 2.14. The lowest BCUT2D eigenvalue weighted by Crippen LogP contribution is -2.18. The molecule has 2 rings (SSSR count). The standard InChI is InChI=1S/C17H24N2S/c1-5-11-18-12(3)16-13(4)19-17(20-16)15-9-7-14(6-2)8-10-15/h7-10,12,18H,5-6,11H2,1-4H3. The van der Waals surface area contributed by atoms with Gasteiger partial charge in [0, 0.05) is 16.5 Å². The third kappa shape index (κ3) is 3.47. The van der Waals surface area contributed by atoms with E-state index in [4.69, 9.17) is 4.98 Å². The van der Waals surface area contributed by atoms with Crippen molar-refractivity contribution < 1.29 is 0 Å². The lowest BCUT2D eigenvalue weighted by atomic mass is 10.1. The van der Waals surface area contributed by atoms with Crippen LogP contribution in [-0.2, 0) is 6.42 Å². The quantitative estimate of drug-likeness (QED) is 0.830. The Labute approximate surface area is 126 Å². The molecule has 1 heterocycles. The van der Waals surface area contributed by atoms with Gasteiger partial charge in [0.1, 0.15) is 5.01 Å². The second-order valence-corrected chi connectivity index (χ2v) is 6.23. The molecule has 1 aromatic carbocycles. The van der Waals surface area contributed by atoms with Gasteiger partial charge in [0.25, 0.3) is 0 Å². The molecule has 0 radical (unpaired) electrons. The maximum absolute atomic E-state index is 4.74. The Balaban J connectivity index is 2.21. The number of aryl methyl sites for hydroxylation is 2. The number of rotatable bonds is 6. The predicted octanol–water partition coefficient (Wildman–Crippen LogP) is 4.74. The van der Waals surface area contributed by atoms with Crippen LogP contribution in [-0.4, -0.2) is 11.5 Å². The molecule has 0 amide bonds. The maximum atomic E-state index is 4.74. The Morgan fingerprint density at radius 3 is 2.50 bits per heavy atom. The molecule has 0 spiro atoms. The minimum Gasteiger partial charge on any atom is -0.309 e. The van der Waals surface area contributed by atoms with Crippen molar-refractivity contribution in [2.75, 3.05) is 6.54 Å². The van der Waals surface area contributed by atoms with Crippen LogP contribution < -0.4 is 5.32 Å². The van der Waals surface area contributed by atoms with Crippen LogP contribution in [0.4, 0.5) is 0 Å². The highest BCUT2D eigenvalue weighted by Crippen LogP contribution is 2.31. The zero-order valence-electron chi connectivity index (χ0n) is 12.9. The first-order chi connectivity index (χ1) is 9.65. The summed E-state index contributed by atoms with van der Waals surface area (Å²) in [5.41, 5.74) is 3.75. The van der Waals surface area contributed by atoms with Gasteiger partial charge in [-0.2, -0.15) is 0 Å². The highest BCUT2D eigenvalue weighted by molar-refractivity contribution is 7.15. The first kappa shape index (κ1) is 15.2. The summed E-state index contributed by atoms with van der Waals surface area (Å²) in [4.78, 5) is 6.10. The molecule has 1 N–H and O–H groups in total. The molecule has 0 saturated heterocycles. The summed E-state index contributed by atoms with van der Waals surface area (Å²) in [7, 11) is 0. The number of benzene rings is 1. The van der Waals surface area contributed by atoms with Crippen molar-refractivity contribution in [1.29, 1.82) is 0 Å². The van der Waals surface area contributed by atoms with Gasteiger partial charge in [0.2, 0.25) is 0 Å². The maximum Gasteiger partial charge on any atom is 0.123 e. The van der Waals surface area contributed by atoms with Crippen molar-refractivity contribution in [3.63, 3.8) is 0 Å². The van der Waals surface area contributed by atoms with Crippen molar-refractivity contribution in [2.45, 2.75) is 46.6 Å². The topological polar surface area (TPSA) is 24.9 Å². The van der Waals surface area contributed by atoms with E-state index >= 15 is 0 Å². The summed E-state index contributed by atoms with van der Waals surface area (Å²) in [5.74, 6) is 0. The van der Waals surface area contributed by atoms with Crippen LogP contribution in [0.15, 0.2) is 24.3 Å². The molecule has 2 aromatic rings. The van der Waals surface area contributed by atoms with Crippen LogP contribution in [0.3, 0.4) is 0 Å². The Bertz CT molecular complexity index is 543. The lowest BCUT2D eigenvalue weighted by Gasteiger charge is -2.11. The van der Waals surface area contributed by atoms with Crippen molar-refractivity contribution in [3.8, 4) is 10.6 Å². The van der Waals surface area contributed by atoms with Crippen LogP contribution in [0, 0.1) is 6.92 Å². The molecule has 0 fully saturated rings.